The first-order chi connectivity index (χ1) is 14.4. The minimum absolute atomic E-state index is 0.0308. The van der Waals surface area contributed by atoms with Gasteiger partial charge < -0.3 is 4.57 Å². The second kappa shape index (κ2) is 7.38. The molecule has 2 aliphatic heterocycles. The molecule has 5 rings (SSSR count). The van der Waals surface area contributed by atoms with Gasteiger partial charge in [-0.25, -0.2) is 8.42 Å². The summed E-state index contributed by atoms with van der Waals surface area (Å²) in [5.74, 6) is 0.0865. The summed E-state index contributed by atoms with van der Waals surface area (Å²) in [5, 5.41) is 0.651. The van der Waals surface area contributed by atoms with Gasteiger partial charge in [0.1, 0.15) is 0 Å². The lowest BCUT2D eigenvalue weighted by Crippen LogP contribution is -2.49. The molecule has 0 saturated carbocycles. The molecule has 0 N–H and O–H groups in total. The van der Waals surface area contributed by atoms with Crippen molar-refractivity contribution in [2.75, 3.05) is 13.1 Å². The molecule has 2 aliphatic rings. The van der Waals surface area contributed by atoms with Gasteiger partial charge in [0.25, 0.3) is 5.56 Å². The quantitative estimate of drug-likeness (QED) is 0.619. The third-order valence-electron chi connectivity index (χ3n) is 6.09. The molecule has 0 aliphatic carbocycles. The Morgan fingerprint density at radius 1 is 0.867 bits per heavy atom. The van der Waals surface area contributed by atoms with Crippen LogP contribution in [0.15, 0.2) is 76.4 Å². The number of nitrogens with zero attached hydrogens (tertiary/aromatic N) is 2. The Kier molecular flexibility index (Phi) is 4.81. The van der Waals surface area contributed by atoms with Crippen molar-refractivity contribution in [2.24, 2.45) is 5.92 Å². The van der Waals surface area contributed by atoms with Gasteiger partial charge in [0.05, 0.1) is 4.90 Å². The summed E-state index contributed by atoms with van der Waals surface area (Å²) in [5.41, 5.74) is 2.84. The van der Waals surface area contributed by atoms with Gasteiger partial charge in [-0.05, 0) is 48.2 Å². The molecular weight excluding hydrogens is 420 g/mol. The molecule has 0 unspecified atom stereocenters. The highest BCUT2D eigenvalue weighted by atomic mass is 35.5. The Hall–Kier alpha value is -2.41. The number of sulfonamides is 1. The fourth-order valence-corrected chi connectivity index (χ4v) is 6.49. The van der Waals surface area contributed by atoms with Crippen molar-refractivity contribution >= 4 is 21.6 Å². The smallest absolute Gasteiger partial charge is 0.250 e. The van der Waals surface area contributed by atoms with Gasteiger partial charge >= 0.3 is 0 Å². The molecule has 30 heavy (non-hydrogen) atoms. The lowest BCUT2D eigenvalue weighted by atomic mass is 9.81. The third-order valence-corrected chi connectivity index (χ3v) is 8.19. The second-order valence-electron chi connectivity index (χ2n) is 8.02. The topological polar surface area (TPSA) is 59.4 Å². The standard InChI is InChI=1S/C23H21ClN2O3S/c24-19-8-6-17(7-9-19)21-10-11-22(27)26-14-16-12-18(23(21)26)15-25(13-16)30(28,29)20-4-2-1-3-5-20/h1-11,16,18H,12-15H2/t16-,18+/m0/s1. The average Bonchev–Trinajstić information content (AvgIpc) is 2.76. The predicted octanol–water partition coefficient (Wildman–Crippen LogP) is 3.98. The molecule has 2 atom stereocenters. The number of hydrogen-bond acceptors (Lipinski definition) is 3. The maximum Gasteiger partial charge on any atom is 0.250 e. The van der Waals surface area contributed by atoms with Gasteiger partial charge in [-0.1, -0.05) is 41.9 Å². The van der Waals surface area contributed by atoms with E-state index in [0.29, 0.717) is 29.6 Å². The summed E-state index contributed by atoms with van der Waals surface area (Å²) >= 11 is 6.05. The van der Waals surface area contributed by atoms with E-state index >= 15 is 0 Å². The summed E-state index contributed by atoms with van der Waals surface area (Å²) in [4.78, 5) is 13.0. The van der Waals surface area contributed by atoms with Crippen LogP contribution in [0.5, 0.6) is 0 Å². The molecule has 7 heteroatoms. The van der Waals surface area contributed by atoms with E-state index in [9.17, 15) is 13.2 Å². The highest BCUT2D eigenvalue weighted by molar-refractivity contribution is 7.89. The van der Waals surface area contributed by atoms with Crippen LogP contribution in [0.4, 0.5) is 0 Å². The fourth-order valence-electron chi connectivity index (χ4n) is 4.78. The molecule has 0 spiro atoms. The second-order valence-corrected chi connectivity index (χ2v) is 10.4. The Morgan fingerprint density at radius 2 is 1.60 bits per heavy atom. The molecular formula is C23H21ClN2O3S. The zero-order chi connectivity index (χ0) is 20.9. The predicted molar refractivity (Wildman–Crippen MR) is 117 cm³/mol. The Bertz CT molecular complexity index is 1250. The normalized spacial score (nSPS) is 21.2. The van der Waals surface area contributed by atoms with E-state index < -0.39 is 10.0 Å². The van der Waals surface area contributed by atoms with Gasteiger partial charge in [0, 0.05) is 47.9 Å². The number of aromatic nitrogens is 1. The number of benzene rings is 2. The van der Waals surface area contributed by atoms with Crippen LogP contribution in [0.25, 0.3) is 11.1 Å². The largest absolute Gasteiger partial charge is 0.311 e. The Labute approximate surface area is 180 Å². The van der Waals surface area contributed by atoms with Gasteiger partial charge in [0.2, 0.25) is 10.0 Å². The SMILES string of the molecule is O=c1ccc(-c2ccc(Cl)cc2)c2n1C[C@H]1C[C@@H]2CN(S(=O)(=O)c2ccccc2)C1. The van der Waals surface area contributed by atoms with Crippen LogP contribution in [0, 0.1) is 5.92 Å². The minimum Gasteiger partial charge on any atom is -0.311 e. The lowest BCUT2D eigenvalue weighted by Gasteiger charge is -2.42. The van der Waals surface area contributed by atoms with Crippen molar-refractivity contribution in [2.45, 2.75) is 23.8 Å². The van der Waals surface area contributed by atoms with Crippen LogP contribution >= 0.6 is 11.6 Å². The summed E-state index contributed by atoms with van der Waals surface area (Å²) in [6, 6.07) is 19.6. The molecule has 1 saturated heterocycles. The van der Waals surface area contributed by atoms with E-state index in [4.69, 9.17) is 11.6 Å². The van der Waals surface area contributed by atoms with E-state index in [1.807, 2.05) is 41.0 Å². The van der Waals surface area contributed by atoms with Crippen LogP contribution in [0.2, 0.25) is 5.02 Å². The number of rotatable bonds is 3. The molecule has 1 aromatic heterocycles. The first-order valence-corrected chi connectivity index (χ1v) is 11.8. The Balaban J connectivity index is 1.58. The lowest BCUT2D eigenvalue weighted by molar-refractivity contribution is 0.187. The van der Waals surface area contributed by atoms with Crippen molar-refractivity contribution in [1.29, 1.82) is 0 Å². The first-order valence-electron chi connectivity index (χ1n) is 9.98. The van der Waals surface area contributed by atoms with E-state index in [-0.39, 0.29) is 17.4 Å². The molecule has 2 bridgehead atoms. The van der Waals surface area contributed by atoms with Crippen molar-refractivity contribution in [3.05, 3.63) is 87.8 Å². The first kappa shape index (κ1) is 19.5. The van der Waals surface area contributed by atoms with Crippen molar-refractivity contribution in [3.63, 3.8) is 0 Å². The highest BCUT2D eigenvalue weighted by Crippen LogP contribution is 2.41. The summed E-state index contributed by atoms with van der Waals surface area (Å²) < 4.78 is 29.9. The van der Waals surface area contributed by atoms with Crippen molar-refractivity contribution < 1.29 is 8.42 Å². The molecule has 0 amide bonds. The van der Waals surface area contributed by atoms with E-state index in [0.717, 1.165) is 23.2 Å². The highest BCUT2D eigenvalue weighted by Gasteiger charge is 2.40. The fraction of sp³-hybridized carbons (Fsp3) is 0.261. The summed E-state index contributed by atoms with van der Waals surface area (Å²) in [6.45, 7) is 1.34. The van der Waals surface area contributed by atoms with E-state index in [1.165, 1.54) is 0 Å². The van der Waals surface area contributed by atoms with Gasteiger partial charge in [-0.2, -0.15) is 4.31 Å². The van der Waals surface area contributed by atoms with Crippen LogP contribution in [0.1, 0.15) is 18.0 Å². The zero-order valence-corrected chi connectivity index (χ0v) is 17.8. The van der Waals surface area contributed by atoms with Crippen molar-refractivity contribution in [3.8, 4) is 11.1 Å². The number of hydrogen-bond donors (Lipinski definition) is 0. The van der Waals surface area contributed by atoms with E-state index in [2.05, 4.69) is 0 Å². The van der Waals surface area contributed by atoms with Crippen LogP contribution in [-0.2, 0) is 16.6 Å². The molecule has 5 nitrogen and oxygen atoms in total. The average molecular weight is 441 g/mol. The summed E-state index contributed by atoms with van der Waals surface area (Å²) in [6.07, 6.45) is 0.880. The summed E-state index contributed by atoms with van der Waals surface area (Å²) in [7, 11) is -3.57. The molecule has 154 valence electrons. The van der Waals surface area contributed by atoms with E-state index in [1.54, 1.807) is 34.6 Å². The van der Waals surface area contributed by atoms with Crippen molar-refractivity contribution in [1.82, 2.24) is 8.87 Å². The van der Waals surface area contributed by atoms with Gasteiger partial charge in [-0.3, -0.25) is 4.79 Å². The third kappa shape index (κ3) is 3.29. The number of pyridine rings is 1. The molecule has 0 radical (unpaired) electrons. The molecule has 1 fully saturated rings. The minimum atomic E-state index is -3.57. The van der Waals surface area contributed by atoms with Gasteiger partial charge in [0.15, 0.2) is 0 Å². The van der Waals surface area contributed by atoms with Gasteiger partial charge in [-0.15, -0.1) is 0 Å². The van der Waals surface area contributed by atoms with Crippen LogP contribution in [-0.4, -0.2) is 30.4 Å². The molecule has 3 heterocycles. The Morgan fingerprint density at radius 3 is 2.33 bits per heavy atom. The number of halogens is 1. The molecule has 3 aromatic rings. The molecule has 2 aromatic carbocycles. The maximum atomic E-state index is 13.2. The monoisotopic (exact) mass is 440 g/mol. The number of piperidine rings is 1. The number of fused-ring (bicyclic) bond motifs is 4. The zero-order valence-electron chi connectivity index (χ0n) is 16.2. The van der Waals surface area contributed by atoms with Crippen LogP contribution in [0.3, 0.4) is 0 Å². The van der Waals surface area contributed by atoms with Crippen LogP contribution < -0.4 is 5.56 Å². The maximum absolute atomic E-state index is 13.2.